The minimum absolute atomic E-state index is 0.141. The summed E-state index contributed by atoms with van der Waals surface area (Å²) in [5.74, 6) is 0. The summed E-state index contributed by atoms with van der Waals surface area (Å²) in [5, 5.41) is 0. The van der Waals surface area contributed by atoms with Crippen molar-refractivity contribution in [3.8, 4) is 0 Å². The molecule has 1 fully saturated rings. The Balaban J connectivity index is 2.26. The third-order valence-electron chi connectivity index (χ3n) is 0.975. The molecule has 2 atom stereocenters. The van der Waals surface area contributed by atoms with Crippen molar-refractivity contribution in [1.82, 2.24) is 0 Å². The first kappa shape index (κ1) is 5.79. The molecule has 0 N–H and O–H groups in total. The fraction of sp³-hybridized carbons (Fsp3) is 1.00. The molecule has 7 heavy (non-hydrogen) atoms. The second-order valence-electron chi connectivity index (χ2n) is 1.62. The SMILES string of the molecule is SC1CCC(S)O1. The van der Waals surface area contributed by atoms with Gasteiger partial charge in [-0.1, -0.05) is 0 Å². The minimum Gasteiger partial charge on any atom is -0.354 e. The van der Waals surface area contributed by atoms with E-state index in [0.717, 1.165) is 12.8 Å². The second kappa shape index (κ2) is 2.29. The molecule has 1 heterocycles. The zero-order valence-corrected chi connectivity index (χ0v) is 5.66. The van der Waals surface area contributed by atoms with Crippen molar-refractivity contribution in [3.63, 3.8) is 0 Å². The summed E-state index contributed by atoms with van der Waals surface area (Å²) in [6.45, 7) is 0. The van der Waals surface area contributed by atoms with E-state index < -0.39 is 0 Å². The monoisotopic (exact) mass is 136 g/mol. The van der Waals surface area contributed by atoms with Gasteiger partial charge in [0.05, 0.1) is 0 Å². The van der Waals surface area contributed by atoms with E-state index >= 15 is 0 Å². The highest BCUT2D eigenvalue weighted by atomic mass is 32.1. The van der Waals surface area contributed by atoms with Crippen molar-refractivity contribution >= 4 is 25.3 Å². The van der Waals surface area contributed by atoms with Gasteiger partial charge in [0.15, 0.2) is 0 Å². The Morgan fingerprint density at radius 3 is 1.71 bits per heavy atom. The van der Waals surface area contributed by atoms with E-state index in [4.69, 9.17) is 4.74 Å². The zero-order chi connectivity index (χ0) is 5.28. The molecule has 0 aromatic carbocycles. The van der Waals surface area contributed by atoms with Crippen molar-refractivity contribution < 1.29 is 4.74 Å². The fourth-order valence-electron chi connectivity index (χ4n) is 0.603. The van der Waals surface area contributed by atoms with Gasteiger partial charge in [-0.05, 0) is 12.8 Å². The van der Waals surface area contributed by atoms with Gasteiger partial charge in [-0.15, -0.1) is 25.3 Å². The van der Waals surface area contributed by atoms with Crippen LogP contribution in [-0.2, 0) is 4.74 Å². The highest BCUT2D eigenvalue weighted by Crippen LogP contribution is 2.23. The van der Waals surface area contributed by atoms with Gasteiger partial charge in [-0.25, -0.2) is 0 Å². The highest BCUT2D eigenvalue weighted by molar-refractivity contribution is 7.81. The molecule has 1 saturated heterocycles. The molecule has 0 aromatic rings. The maximum atomic E-state index is 5.09. The third kappa shape index (κ3) is 1.55. The molecule has 1 nitrogen and oxygen atoms in total. The standard InChI is InChI=1S/C4H8OS2/c6-3-1-2-4(7)5-3/h3-4,6-7H,1-2H2. The van der Waals surface area contributed by atoms with E-state index in [2.05, 4.69) is 25.3 Å². The number of hydrogen-bond donors (Lipinski definition) is 2. The fourth-order valence-corrected chi connectivity index (χ4v) is 1.29. The Morgan fingerprint density at radius 1 is 1.14 bits per heavy atom. The molecular formula is C4H8OS2. The quantitative estimate of drug-likeness (QED) is 0.477. The van der Waals surface area contributed by atoms with E-state index in [1.807, 2.05) is 0 Å². The lowest BCUT2D eigenvalue weighted by molar-refractivity contribution is 0.153. The van der Waals surface area contributed by atoms with Crippen molar-refractivity contribution in [3.05, 3.63) is 0 Å². The highest BCUT2D eigenvalue weighted by Gasteiger charge is 2.17. The molecule has 3 heteroatoms. The van der Waals surface area contributed by atoms with Gasteiger partial charge in [0.25, 0.3) is 0 Å². The van der Waals surface area contributed by atoms with Crippen LogP contribution in [0.5, 0.6) is 0 Å². The van der Waals surface area contributed by atoms with Gasteiger partial charge in [0, 0.05) is 0 Å². The first-order valence-electron chi connectivity index (χ1n) is 2.30. The Bertz CT molecular complexity index is 58.7. The van der Waals surface area contributed by atoms with Crippen LogP contribution in [0.4, 0.5) is 0 Å². The Kier molecular flexibility index (Phi) is 1.89. The van der Waals surface area contributed by atoms with E-state index in [9.17, 15) is 0 Å². The van der Waals surface area contributed by atoms with Crippen LogP contribution in [0, 0.1) is 0 Å². The molecule has 1 aliphatic heterocycles. The first-order chi connectivity index (χ1) is 3.29. The van der Waals surface area contributed by atoms with Crippen LogP contribution in [0.2, 0.25) is 0 Å². The smallest absolute Gasteiger partial charge is 0.102 e. The number of hydrogen-bond acceptors (Lipinski definition) is 3. The van der Waals surface area contributed by atoms with Gasteiger partial charge >= 0.3 is 0 Å². The lowest BCUT2D eigenvalue weighted by atomic mass is 10.4. The summed E-state index contributed by atoms with van der Waals surface area (Å²) >= 11 is 8.16. The van der Waals surface area contributed by atoms with E-state index in [-0.39, 0.29) is 10.9 Å². The van der Waals surface area contributed by atoms with Crippen LogP contribution < -0.4 is 0 Å². The largest absolute Gasteiger partial charge is 0.354 e. The average molecular weight is 136 g/mol. The zero-order valence-electron chi connectivity index (χ0n) is 3.87. The first-order valence-corrected chi connectivity index (χ1v) is 3.34. The van der Waals surface area contributed by atoms with Crippen molar-refractivity contribution in [2.75, 3.05) is 0 Å². The van der Waals surface area contributed by atoms with Gasteiger partial charge in [-0.2, -0.15) is 0 Å². The molecule has 0 aromatic heterocycles. The number of thiol groups is 2. The van der Waals surface area contributed by atoms with E-state index in [0.29, 0.717) is 0 Å². The van der Waals surface area contributed by atoms with Gasteiger partial charge in [0.2, 0.25) is 0 Å². The molecule has 0 aliphatic carbocycles. The molecule has 1 rings (SSSR count). The lowest BCUT2D eigenvalue weighted by Gasteiger charge is -1.99. The van der Waals surface area contributed by atoms with Crippen LogP contribution in [0.3, 0.4) is 0 Å². The topological polar surface area (TPSA) is 9.23 Å². The number of ether oxygens (including phenoxy) is 1. The lowest BCUT2D eigenvalue weighted by Crippen LogP contribution is -1.96. The average Bonchev–Trinajstić information content (AvgIpc) is 1.87. The van der Waals surface area contributed by atoms with Crippen molar-refractivity contribution in [2.24, 2.45) is 0 Å². The second-order valence-corrected chi connectivity index (χ2v) is 2.77. The summed E-state index contributed by atoms with van der Waals surface area (Å²) in [4.78, 5) is 0. The summed E-state index contributed by atoms with van der Waals surface area (Å²) in [7, 11) is 0. The summed E-state index contributed by atoms with van der Waals surface area (Å²) in [5.41, 5.74) is 0.282. The number of rotatable bonds is 0. The third-order valence-corrected chi connectivity index (χ3v) is 1.73. The van der Waals surface area contributed by atoms with E-state index in [1.165, 1.54) is 0 Å². The maximum Gasteiger partial charge on any atom is 0.102 e. The molecule has 2 unspecified atom stereocenters. The molecule has 1 aliphatic rings. The van der Waals surface area contributed by atoms with Crippen LogP contribution in [0.1, 0.15) is 12.8 Å². The molecule has 0 amide bonds. The molecule has 0 radical (unpaired) electrons. The van der Waals surface area contributed by atoms with Crippen LogP contribution in [-0.4, -0.2) is 10.9 Å². The van der Waals surface area contributed by atoms with Crippen molar-refractivity contribution in [1.29, 1.82) is 0 Å². The Morgan fingerprint density at radius 2 is 1.57 bits per heavy atom. The van der Waals surface area contributed by atoms with Crippen LogP contribution in [0.15, 0.2) is 0 Å². The van der Waals surface area contributed by atoms with Crippen molar-refractivity contribution in [2.45, 2.75) is 23.7 Å². The summed E-state index contributed by atoms with van der Waals surface area (Å²) < 4.78 is 5.09. The molecule has 42 valence electrons. The molecule has 0 spiro atoms. The molecule has 0 saturated carbocycles. The van der Waals surface area contributed by atoms with E-state index in [1.54, 1.807) is 0 Å². The molecule has 0 bridgehead atoms. The summed E-state index contributed by atoms with van der Waals surface area (Å²) in [6.07, 6.45) is 2.08. The van der Waals surface area contributed by atoms with Gasteiger partial charge in [0.1, 0.15) is 10.9 Å². The van der Waals surface area contributed by atoms with Crippen LogP contribution in [0.25, 0.3) is 0 Å². The minimum atomic E-state index is 0.141. The normalized spacial score (nSPS) is 42.0. The van der Waals surface area contributed by atoms with Gasteiger partial charge in [-0.3, -0.25) is 0 Å². The van der Waals surface area contributed by atoms with Crippen LogP contribution >= 0.6 is 25.3 Å². The predicted molar refractivity (Wildman–Crippen MR) is 35.9 cm³/mol. The Hall–Kier alpha value is 0.660. The summed E-state index contributed by atoms with van der Waals surface area (Å²) in [6, 6.07) is 0. The maximum absolute atomic E-state index is 5.09. The predicted octanol–water partition coefficient (Wildman–Crippen LogP) is 1.31. The Labute approximate surface area is 54.3 Å². The molecular weight excluding hydrogens is 128 g/mol. The van der Waals surface area contributed by atoms with Gasteiger partial charge < -0.3 is 4.74 Å².